The molecule has 0 saturated heterocycles. The maximum atomic E-state index is 12.8. The molecule has 0 aliphatic heterocycles. The minimum Gasteiger partial charge on any atom is -0.481 e. The third-order valence-electron chi connectivity index (χ3n) is 5.07. The first-order valence-electron chi connectivity index (χ1n) is 9.99. The molecule has 10 heteroatoms. The number of thioether (sulfide) groups is 1. The van der Waals surface area contributed by atoms with Gasteiger partial charge in [-0.1, -0.05) is 12.1 Å². The van der Waals surface area contributed by atoms with E-state index in [2.05, 4.69) is 9.97 Å². The van der Waals surface area contributed by atoms with Crippen molar-refractivity contribution in [2.24, 2.45) is 0 Å². The second-order valence-electron chi connectivity index (χ2n) is 7.43. The molecule has 5 nitrogen and oxygen atoms in total. The van der Waals surface area contributed by atoms with E-state index in [0.29, 0.717) is 33.3 Å². The SMILES string of the molecule is Cc1nc(-c2ccc(C(F)(F)F)cc2)sc1CSc1ccc2oc(CCC(=O)O)nc2c1C. The number of carboxylic acid groups (broad SMARTS) is 1. The Balaban J connectivity index is 1.49. The summed E-state index contributed by atoms with van der Waals surface area (Å²) in [5, 5.41) is 9.53. The van der Waals surface area contributed by atoms with E-state index in [1.165, 1.54) is 23.5 Å². The van der Waals surface area contributed by atoms with Crippen molar-refractivity contribution in [1.29, 1.82) is 0 Å². The monoisotopic (exact) mass is 492 g/mol. The summed E-state index contributed by atoms with van der Waals surface area (Å²) in [5.41, 5.74) is 3.11. The molecule has 0 fully saturated rings. The quantitative estimate of drug-likeness (QED) is 0.283. The van der Waals surface area contributed by atoms with E-state index in [1.54, 1.807) is 11.8 Å². The van der Waals surface area contributed by atoms with Gasteiger partial charge in [-0.15, -0.1) is 23.1 Å². The molecule has 0 spiro atoms. The van der Waals surface area contributed by atoms with Crippen molar-refractivity contribution in [2.45, 2.75) is 43.5 Å². The Bertz CT molecular complexity index is 1310. The molecule has 4 rings (SSSR count). The minimum absolute atomic E-state index is 0.0423. The van der Waals surface area contributed by atoms with Gasteiger partial charge in [0.05, 0.1) is 17.7 Å². The number of oxazole rings is 1. The number of benzene rings is 2. The summed E-state index contributed by atoms with van der Waals surface area (Å²) in [4.78, 5) is 21.8. The maximum Gasteiger partial charge on any atom is 0.416 e. The molecule has 172 valence electrons. The summed E-state index contributed by atoms with van der Waals surface area (Å²) in [7, 11) is 0. The normalized spacial score (nSPS) is 11.9. The highest BCUT2D eigenvalue weighted by Crippen LogP contribution is 2.36. The number of thiazole rings is 1. The molecule has 0 atom stereocenters. The molecule has 0 radical (unpaired) electrons. The number of aryl methyl sites for hydroxylation is 3. The van der Waals surface area contributed by atoms with Gasteiger partial charge in [0.1, 0.15) is 10.5 Å². The molecule has 1 N–H and O–H groups in total. The standard InChI is InChI=1S/C23H19F3N2O3S2/c1-12-17(8-7-16-21(12)28-19(31-16)9-10-20(29)30)32-11-18-13(2)27-22(33-18)14-3-5-15(6-4-14)23(24,25)26/h3-8H,9-11H2,1-2H3,(H,29,30). The molecule has 33 heavy (non-hydrogen) atoms. The molecule has 4 aromatic rings. The van der Waals surface area contributed by atoms with Crippen molar-refractivity contribution in [3.63, 3.8) is 0 Å². The number of halogens is 3. The first kappa shape index (κ1) is 23.3. The highest BCUT2D eigenvalue weighted by atomic mass is 32.2. The van der Waals surface area contributed by atoms with Gasteiger partial charge in [-0.3, -0.25) is 4.79 Å². The van der Waals surface area contributed by atoms with Gasteiger partial charge in [0.2, 0.25) is 0 Å². The number of aliphatic carboxylic acids is 1. The van der Waals surface area contributed by atoms with E-state index in [-0.39, 0.29) is 12.8 Å². The number of hydrogen-bond acceptors (Lipinski definition) is 6. The summed E-state index contributed by atoms with van der Waals surface area (Å²) in [5.74, 6) is 0.151. The van der Waals surface area contributed by atoms with Crippen LogP contribution in [0.15, 0.2) is 45.7 Å². The van der Waals surface area contributed by atoms with Crippen LogP contribution in [-0.2, 0) is 23.1 Å². The zero-order valence-corrected chi connectivity index (χ0v) is 19.3. The van der Waals surface area contributed by atoms with Crippen molar-refractivity contribution in [3.05, 3.63) is 64.0 Å². The van der Waals surface area contributed by atoms with Crippen LogP contribution < -0.4 is 0 Å². The van der Waals surface area contributed by atoms with Crippen molar-refractivity contribution in [1.82, 2.24) is 9.97 Å². The fraction of sp³-hybridized carbons (Fsp3) is 0.261. The molecule has 0 amide bonds. The Hall–Kier alpha value is -2.85. The predicted octanol–water partition coefficient (Wildman–Crippen LogP) is 6.90. The molecule has 0 unspecified atom stereocenters. The molecule has 0 saturated carbocycles. The molecule has 0 bridgehead atoms. The molecule has 2 heterocycles. The van der Waals surface area contributed by atoms with Gasteiger partial charge < -0.3 is 9.52 Å². The summed E-state index contributed by atoms with van der Waals surface area (Å²) in [6.07, 6.45) is -4.17. The van der Waals surface area contributed by atoms with E-state index in [0.717, 1.165) is 33.2 Å². The minimum atomic E-state index is -4.36. The van der Waals surface area contributed by atoms with E-state index in [9.17, 15) is 18.0 Å². The van der Waals surface area contributed by atoms with Crippen LogP contribution in [0.3, 0.4) is 0 Å². The Morgan fingerprint density at radius 1 is 1.12 bits per heavy atom. The average molecular weight is 493 g/mol. The van der Waals surface area contributed by atoms with Crippen molar-refractivity contribution < 1.29 is 27.5 Å². The summed E-state index contributed by atoms with van der Waals surface area (Å²) >= 11 is 3.08. The van der Waals surface area contributed by atoms with Crippen molar-refractivity contribution in [3.8, 4) is 10.6 Å². The lowest BCUT2D eigenvalue weighted by atomic mass is 10.1. The highest BCUT2D eigenvalue weighted by molar-refractivity contribution is 7.98. The second-order valence-corrected chi connectivity index (χ2v) is 9.53. The summed E-state index contributed by atoms with van der Waals surface area (Å²) in [6.45, 7) is 3.84. The van der Waals surface area contributed by atoms with Gasteiger partial charge in [-0.05, 0) is 43.7 Å². The van der Waals surface area contributed by atoms with Crippen LogP contribution in [0.2, 0.25) is 0 Å². The van der Waals surface area contributed by atoms with Crippen LogP contribution in [-0.4, -0.2) is 21.0 Å². The number of rotatable bonds is 7. The van der Waals surface area contributed by atoms with Gasteiger partial charge >= 0.3 is 12.1 Å². The lowest BCUT2D eigenvalue weighted by Gasteiger charge is -2.06. The van der Waals surface area contributed by atoms with Crippen LogP contribution in [0.25, 0.3) is 21.7 Å². The molecule has 2 aromatic heterocycles. The van der Waals surface area contributed by atoms with Crippen molar-refractivity contribution >= 4 is 40.2 Å². The van der Waals surface area contributed by atoms with Crippen molar-refractivity contribution in [2.75, 3.05) is 0 Å². The number of carboxylic acids is 1. The molecular formula is C23H19F3N2O3S2. The average Bonchev–Trinajstić information content (AvgIpc) is 3.35. The molecular weight excluding hydrogens is 473 g/mol. The third kappa shape index (κ3) is 5.22. The third-order valence-corrected chi connectivity index (χ3v) is 7.65. The van der Waals surface area contributed by atoms with Crippen LogP contribution >= 0.6 is 23.1 Å². The Morgan fingerprint density at radius 3 is 2.52 bits per heavy atom. The van der Waals surface area contributed by atoms with Gasteiger partial charge in [0.25, 0.3) is 0 Å². The second kappa shape index (κ2) is 9.18. The Labute approximate surface area is 195 Å². The van der Waals surface area contributed by atoms with E-state index in [1.807, 2.05) is 26.0 Å². The van der Waals surface area contributed by atoms with Gasteiger partial charge in [-0.25, -0.2) is 9.97 Å². The van der Waals surface area contributed by atoms with Crippen LogP contribution in [0.4, 0.5) is 13.2 Å². The first-order valence-corrected chi connectivity index (χ1v) is 11.8. The number of carbonyl (C=O) groups is 1. The number of aromatic nitrogens is 2. The van der Waals surface area contributed by atoms with Crippen LogP contribution in [0.5, 0.6) is 0 Å². The number of fused-ring (bicyclic) bond motifs is 1. The van der Waals surface area contributed by atoms with E-state index in [4.69, 9.17) is 9.52 Å². The fourth-order valence-electron chi connectivity index (χ4n) is 3.26. The Kier molecular flexibility index (Phi) is 6.49. The molecule has 0 aliphatic rings. The van der Waals surface area contributed by atoms with Crippen LogP contribution in [0.1, 0.15) is 34.0 Å². The summed E-state index contributed by atoms with van der Waals surface area (Å²) < 4.78 is 44.1. The molecule has 0 aliphatic carbocycles. The van der Waals surface area contributed by atoms with Gasteiger partial charge in [0.15, 0.2) is 11.5 Å². The van der Waals surface area contributed by atoms with Gasteiger partial charge in [-0.2, -0.15) is 13.2 Å². The number of nitrogens with zero attached hydrogens (tertiary/aromatic N) is 2. The lowest BCUT2D eigenvalue weighted by molar-refractivity contribution is -0.138. The topological polar surface area (TPSA) is 76.2 Å². The fourth-order valence-corrected chi connectivity index (χ4v) is 5.51. The zero-order chi connectivity index (χ0) is 23.8. The van der Waals surface area contributed by atoms with E-state index < -0.39 is 17.7 Å². The maximum absolute atomic E-state index is 12.8. The van der Waals surface area contributed by atoms with E-state index >= 15 is 0 Å². The molecule has 2 aromatic carbocycles. The highest BCUT2D eigenvalue weighted by Gasteiger charge is 2.30. The largest absolute Gasteiger partial charge is 0.481 e. The predicted molar refractivity (Wildman–Crippen MR) is 122 cm³/mol. The smallest absolute Gasteiger partial charge is 0.416 e. The van der Waals surface area contributed by atoms with Crippen LogP contribution in [0, 0.1) is 13.8 Å². The Morgan fingerprint density at radius 2 is 1.85 bits per heavy atom. The summed E-state index contributed by atoms with van der Waals surface area (Å²) in [6, 6.07) is 8.81. The number of hydrogen-bond donors (Lipinski definition) is 1. The van der Waals surface area contributed by atoms with Gasteiger partial charge in [0, 0.05) is 27.5 Å². The first-order chi connectivity index (χ1) is 15.6. The number of alkyl halides is 3. The zero-order valence-electron chi connectivity index (χ0n) is 17.7. The lowest BCUT2D eigenvalue weighted by Crippen LogP contribution is -2.03.